The largest absolute Gasteiger partial charge is 0.330 e. The summed E-state index contributed by atoms with van der Waals surface area (Å²) in [6, 6.07) is 10.6. The highest BCUT2D eigenvalue weighted by atomic mass is 32.2. The van der Waals surface area contributed by atoms with Gasteiger partial charge in [0.05, 0.1) is 0 Å². The Morgan fingerprint density at radius 3 is 2.54 bits per heavy atom. The minimum absolute atomic E-state index is 0.623. The third-order valence-corrected chi connectivity index (χ3v) is 2.91. The average Bonchev–Trinajstić information content (AvgIpc) is 2.19. The summed E-state index contributed by atoms with van der Waals surface area (Å²) in [6.45, 7) is 0.787. The first-order chi connectivity index (χ1) is 6.36. The van der Waals surface area contributed by atoms with Gasteiger partial charge in [-0.15, -0.1) is 0 Å². The Labute approximate surface area is 84.7 Å². The van der Waals surface area contributed by atoms with Crippen molar-refractivity contribution in [3.63, 3.8) is 0 Å². The molecule has 2 N–H and O–H groups in total. The molecule has 0 fully saturated rings. The molecule has 0 spiro atoms. The van der Waals surface area contributed by atoms with Crippen molar-refractivity contribution < 1.29 is 0 Å². The van der Waals surface area contributed by atoms with Gasteiger partial charge in [0.1, 0.15) is 0 Å². The van der Waals surface area contributed by atoms with Crippen LogP contribution in [-0.4, -0.2) is 18.6 Å². The Morgan fingerprint density at radius 2 is 2.00 bits per heavy atom. The standard InChI is InChI=1S/C11H17NS/c1-13-9-11(8-12)7-10-5-3-2-4-6-10/h2-6,11H,7-9,12H2,1H3. The van der Waals surface area contributed by atoms with E-state index in [1.54, 1.807) is 0 Å². The van der Waals surface area contributed by atoms with E-state index in [1.807, 2.05) is 11.8 Å². The van der Waals surface area contributed by atoms with Gasteiger partial charge in [-0.1, -0.05) is 30.3 Å². The second-order valence-electron chi connectivity index (χ2n) is 3.25. The second-order valence-corrected chi connectivity index (χ2v) is 4.16. The topological polar surface area (TPSA) is 26.0 Å². The monoisotopic (exact) mass is 195 g/mol. The van der Waals surface area contributed by atoms with E-state index in [2.05, 4.69) is 36.6 Å². The molecule has 2 heteroatoms. The maximum absolute atomic E-state index is 5.69. The fourth-order valence-corrected chi connectivity index (χ4v) is 2.12. The number of nitrogens with two attached hydrogens (primary N) is 1. The van der Waals surface area contributed by atoms with Crippen molar-refractivity contribution in [1.82, 2.24) is 0 Å². The summed E-state index contributed by atoms with van der Waals surface area (Å²) in [5.74, 6) is 1.78. The summed E-state index contributed by atoms with van der Waals surface area (Å²) in [7, 11) is 0. The van der Waals surface area contributed by atoms with Gasteiger partial charge in [0.25, 0.3) is 0 Å². The molecule has 13 heavy (non-hydrogen) atoms. The van der Waals surface area contributed by atoms with Gasteiger partial charge in [0.15, 0.2) is 0 Å². The van der Waals surface area contributed by atoms with Crippen molar-refractivity contribution in [2.45, 2.75) is 6.42 Å². The van der Waals surface area contributed by atoms with E-state index >= 15 is 0 Å². The molecule has 1 aromatic carbocycles. The van der Waals surface area contributed by atoms with Crippen LogP contribution in [0.2, 0.25) is 0 Å². The van der Waals surface area contributed by atoms with E-state index in [4.69, 9.17) is 5.73 Å². The fraction of sp³-hybridized carbons (Fsp3) is 0.455. The Morgan fingerprint density at radius 1 is 1.31 bits per heavy atom. The van der Waals surface area contributed by atoms with Gasteiger partial charge in [-0.2, -0.15) is 11.8 Å². The van der Waals surface area contributed by atoms with Crippen LogP contribution in [0.25, 0.3) is 0 Å². The van der Waals surface area contributed by atoms with Crippen LogP contribution in [0.1, 0.15) is 5.56 Å². The summed E-state index contributed by atoms with van der Waals surface area (Å²) in [4.78, 5) is 0. The van der Waals surface area contributed by atoms with E-state index in [-0.39, 0.29) is 0 Å². The molecular weight excluding hydrogens is 178 g/mol. The van der Waals surface area contributed by atoms with Crippen molar-refractivity contribution in [3.05, 3.63) is 35.9 Å². The summed E-state index contributed by atoms with van der Waals surface area (Å²) in [5, 5.41) is 0. The molecule has 1 aromatic rings. The molecule has 72 valence electrons. The normalized spacial score (nSPS) is 12.8. The molecule has 0 amide bonds. The lowest BCUT2D eigenvalue weighted by atomic mass is 10.0. The van der Waals surface area contributed by atoms with Gasteiger partial charge in [0, 0.05) is 0 Å². The highest BCUT2D eigenvalue weighted by Crippen LogP contribution is 2.11. The van der Waals surface area contributed by atoms with Crippen LogP contribution in [0.3, 0.4) is 0 Å². The summed E-state index contributed by atoms with van der Waals surface area (Å²) in [6.07, 6.45) is 3.24. The van der Waals surface area contributed by atoms with Gasteiger partial charge in [-0.25, -0.2) is 0 Å². The number of hydrogen-bond donors (Lipinski definition) is 1. The number of benzene rings is 1. The average molecular weight is 195 g/mol. The molecule has 0 saturated heterocycles. The zero-order valence-corrected chi connectivity index (χ0v) is 8.89. The summed E-state index contributed by atoms with van der Waals surface area (Å²) < 4.78 is 0. The van der Waals surface area contributed by atoms with Gasteiger partial charge in [0.2, 0.25) is 0 Å². The van der Waals surface area contributed by atoms with Crippen LogP contribution in [0.4, 0.5) is 0 Å². The van der Waals surface area contributed by atoms with Crippen molar-refractivity contribution in [3.8, 4) is 0 Å². The minimum atomic E-state index is 0.623. The smallest absolute Gasteiger partial charge is 0.00267 e. The van der Waals surface area contributed by atoms with E-state index in [1.165, 1.54) is 5.56 Å². The highest BCUT2D eigenvalue weighted by molar-refractivity contribution is 7.98. The van der Waals surface area contributed by atoms with Gasteiger partial charge in [-0.3, -0.25) is 0 Å². The van der Waals surface area contributed by atoms with Gasteiger partial charge >= 0.3 is 0 Å². The van der Waals surface area contributed by atoms with Gasteiger partial charge < -0.3 is 5.73 Å². The first kappa shape index (κ1) is 10.6. The van der Waals surface area contributed by atoms with Crippen LogP contribution < -0.4 is 5.73 Å². The first-order valence-corrected chi connectivity index (χ1v) is 5.99. The van der Waals surface area contributed by atoms with Crippen molar-refractivity contribution in [2.75, 3.05) is 18.6 Å². The Hall–Kier alpha value is -0.470. The molecule has 0 bridgehead atoms. The van der Waals surface area contributed by atoms with Crippen molar-refractivity contribution >= 4 is 11.8 Å². The molecule has 0 aliphatic carbocycles. The molecule has 1 unspecified atom stereocenters. The molecule has 0 aliphatic heterocycles. The van der Waals surface area contributed by atoms with Crippen LogP contribution >= 0.6 is 11.8 Å². The third kappa shape index (κ3) is 3.83. The summed E-state index contributed by atoms with van der Waals surface area (Å²) >= 11 is 1.87. The molecule has 1 atom stereocenters. The lowest BCUT2D eigenvalue weighted by Gasteiger charge is -2.12. The maximum atomic E-state index is 5.69. The van der Waals surface area contributed by atoms with E-state index in [0.717, 1.165) is 18.7 Å². The molecule has 0 heterocycles. The molecule has 0 aromatic heterocycles. The van der Waals surface area contributed by atoms with Gasteiger partial charge in [-0.05, 0) is 36.5 Å². The predicted molar refractivity (Wildman–Crippen MR) is 61.1 cm³/mol. The Balaban J connectivity index is 2.46. The molecule has 0 aliphatic rings. The number of hydrogen-bond acceptors (Lipinski definition) is 2. The second kappa shape index (κ2) is 6.06. The van der Waals surface area contributed by atoms with Crippen LogP contribution in [-0.2, 0) is 6.42 Å². The Bertz CT molecular complexity index is 223. The zero-order chi connectivity index (χ0) is 9.52. The number of rotatable bonds is 5. The highest BCUT2D eigenvalue weighted by Gasteiger charge is 2.05. The van der Waals surface area contributed by atoms with E-state index in [9.17, 15) is 0 Å². The molecule has 1 rings (SSSR count). The third-order valence-electron chi connectivity index (χ3n) is 2.10. The van der Waals surface area contributed by atoms with Crippen LogP contribution in [0, 0.1) is 5.92 Å². The fourth-order valence-electron chi connectivity index (χ4n) is 1.39. The summed E-state index contributed by atoms with van der Waals surface area (Å²) in [5.41, 5.74) is 7.09. The van der Waals surface area contributed by atoms with Crippen LogP contribution in [0.15, 0.2) is 30.3 Å². The van der Waals surface area contributed by atoms with Crippen LogP contribution in [0.5, 0.6) is 0 Å². The quantitative estimate of drug-likeness (QED) is 0.779. The molecule has 0 radical (unpaired) electrons. The lowest BCUT2D eigenvalue weighted by molar-refractivity contribution is 0.603. The minimum Gasteiger partial charge on any atom is -0.330 e. The Kier molecular flexibility index (Phi) is 4.94. The molecule has 1 nitrogen and oxygen atoms in total. The maximum Gasteiger partial charge on any atom is -0.00267 e. The number of thioether (sulfide) groups is 1. The zero-order valence-electron chi connectivity index (χ0n) is 8.07. The lowest BCUT2D eigenvalue weighted by Crippen LogP contribution is -2.19. The first-order valence-electron chi connectivity index (χ1n) is 4.59. The van der Waals surface area contributed by atoms with Crippen molar-refractivity contribution in [2.24, 2.45) is 11.7 Å². The van der Waals surface area contributed by atoms with E-state index < -0.39 is 0 Å². The molecular formula is C11H17NS. The predicted octanol–water partition coefficient (Wildman–Crippen LogP) is 2.17. The van der Waals surface area contributed by atoms with Crippen molar-refractivity contribution in [1.29, 1.82) is 0 Å². The molecule has 0 saturated carbocycles. The SMILES string of the molecule is CSCC(CN)Cc1ccccc1. The van der Waals surface area contributed by atoms with E-state index in [0.29, 0.717) is 5.92 Å².